The van der Waals surface area contributed by atoms with Crippen molar-refractivity contribution >= 4 is 17.6 Å². The van der Waals surface area contributed by atoms with E-state index in [2.05, 4.69) is 42.7 Å². The van der Waals surface area contributed by atoms with Crippen LogP contribution in [-0.2, 0) is 17.8 Å². The van der Waals surface area contributed by atoms with Crippen LogP contribution in [0.1, 0.15) is 28.7 Å². The molecule has 24 heavy (non-hydrogen) atoms. The summed E-state index contributed by atoms with van der Waals surface area (Å²) >= 11 is 0. The van der Waals surface area contributed by atoms with Gasteiger partial charge in [-0.2, -0.15) is 0 Å². The third-order valence-corrected chi connectivity index (χ3v) is 3.83. The van der Waals surface area contributed by atoms with Gasteiger partial charge in [0.25, 0.3) is 0 Å². The van der Waals surface area contributed by atoms with Crippen molar-refractivity contribution in [1.82, 2.24) is 5.32 Å². The molecular weight excluding hydrogens is 302 g/mol. The average Bonchev–Trinajstić information content (AvgIpc) is 2.53. The van der Waals surface area contributed by atoms with E-state index in [0.29, 0.717) is 18.7 Å². The van der Waals surface area contributed by atoms with Crippen LogP contribution < -0.4 is 16.4 Å². The van der Waals surface area contributed by atoms with Crippen LogP contribution in [0.25, 0.3) is 0 Å². The van der Waals surface area contributed by atoms with Gasteiger partial charge in [0, 0.05) is 18.7 Å². The molecule has 0 atom stereocenters. The molecule has 2 aromatic carbocycles. The Hall–Kier alpha value is -2.82. The summed E-state index contributed by atoms with van der Waals surface area (Å²) in [6.07, 6.45) is 1.20. The van der Waals surface area contributed by atoms with Gasteiger partial charge in [0.2, 0.25) is 5.91 Å². The Kier molecular flexibility index (Phi) is 5.95. The van der Waals surface area contributed by atoms with E-state index in [1.54, 1.807) is 12.1 Å². The number of hydrogen-bond acceptors (Lipinski definition) is 2. The van der Waals surface area contributed by atoms with Crippen LogP contribution in [-0.4, -0.2) is 11.9 Å². The summed E-state index contributed by atoms with van der Waals surface area (Å²) < 4.78 is 0. The second kappa shape index (κ2) is 8.15. The fraction of sp³-hybridized carbons (Fsp3) is 0.263. The number of rotatable bonds is 6. The Morgan fingerprint density at radius 2 is 1.75 bits per heavy atom. The summed E-state index contributed by atoms with van der Waals surface area (Å²) in [5, 5.41) is 5.41. The minimum atomic E-state index is -0.595. The molecule has 5 heteroatoms. The second-order valence-electron chi connectivity index (χ2n) is 5.89. The van der Waals surface area contributed by atoms with E-state index in [4.69, 9.17) is 5.73 Å². The Balaban J connectivity index is 1.79. The summed E-state index contributed by atoms with van der Waals surface area (Å²) in [7, 11) is 0. The van der Waals surface area contributed by atoms with Crippen LogP contribution in [0.15, 0.2) is 42.5 Å². The third-order valence-electron chi connectivity index (χ3n) is 3.83. The first-order valence-electron chi connectivity index (χ1n) is 7.92. The van der Waals surface area contributed by atoms with Gasteiger partial charge in [0.15, 0.2) is 0 Å². The van der Waals surface area contributed by atoms with E-state index in [1.165, 1.54) is 16.7 Å². The maximum absolute atomic E-state index is 12.0. The molecule has 5 nitrogen and oxygen atoms in total. The molecule has 0 heterocycles. The van der Waals surface area contributed by atoms with Gasteiger partial charge in [-0.25, -0.2) is 4.79 Å². The molecule has 0 aromatic heterocycles. The van der Waals surface area contributed by atoms with Crippen LogP contribution in [0, 0.1) is 13.8 Å². The van der Waals surface area contributed by atoms with E-state index in [0.717, 1.165) is 12.0 Å². The highest BCUT2D eigenvalue weighted by Crippen LogP contribution is 2.13. The second-order valence-corrected chi connectivity index (χ2v) is 5.89. The molecule has 0 radical (unpaired) electrons. The third kappa shape index (κ3) is 5.43. The normalized spacial score (nSPS) is 10.2. The SMILES string of the molecule is Cc1ccc(CCC(=O)NCc2ccc(NC(N)=O)cc2)c(C)c1. The minimum absolute atomic E-state index is 0.0225. The van der Waals surface area contributed by atoms with Gasteiger partial charge < -0.3 is 16.4 Å². The Morgan fingerprint density at radius 3 is 2.38 bits per heavy atom. The van der Waals surface area contributed by atoms with Gasteiger partial charge in [-0.1, -0.05) is 35.9 Å². The number of amides is 3. The molecule has 4 N–H and O–H groups in total. The number of carbonyl (C=O) groups is 2. The number of anilines is 1. The maximum atomic E-state index is 12.0. The molecule has 0 spiro atoms. The molecule has 0 fully saturated rings. The highest BCUT2D eigenvalue weighted by Gasteiger charge is 2.05. The smallest absolute Gasteiger partial charge is 0.316 e. The topological polar surface area (TPSA) is 84.2 Å². The average molecular weight is 325 g/mol. The fourth-order valence-electron chi connectivity index (χ4n) is 2.51. The van der Waals surface area contributed by atoms with E-state index >= 15 is 0 Å². The molecule has 0 unspecified atom stereocenters. The lowest BCUT2D eigenvalue weighted by molar-refractivity contribution is -0.121. The fourth-order valence-corrected chi connectivity index (χ4v) is 2.51. The quantitative estimate of drug-likeness (QED) is 0.762. The van der Waals surface area contributed by atoms with Gasteiger partial charge in [-0.05, 0) is 49.1 Å². The molecule has 0 aliphatic rings. The molecule has 0 saturated carbocycles. The van der Waals surface area contributed by atoms with Gasteiger partial charge >= 0.3 is 6.03 Å². The largest absolute Gasteiger partial charge is 0.352 e. The lowest BCUT2D eigenvalue weighted by atomic mass is 10.0. The monoisotopic (exact) mass is 325 g/mol. The molecular formula is C19H23N3O2. The number of hydrogen-bond donors (Lipinski definition) is 3. The Bertz CT molecular complexity index is 724. The van der Waals surface area contributed by atoms with E-state index < -0.39 is 6.03 Å². The number of aryl methyl sites for hydroxylation is 3. The number of nitrogens with two attached hydrogens (primary N) is 1. The summed E-state index contributed by atoms with van der Waals surface area (Å²) in [5.41, 5.74) is 10.3. The number of nitrogens with one attached hydrogen (secondary N) is 2. The molecule has 0 saturated heterocycles. The van der Waals surface area contributed by atoms with E-state index in [-0.39, 0.29) is 5.91 Å². The highest BCUT2D eigenvalue weighted by atomic mass is 16.2. The van der Waals surface area contributed by atoms with E-state index in [1.807, 2.05) is 12.1 Å². The number of carbonyl (C=O) groups excluding carboxylic acids is 2. The zero-order chi connectivity index (χ0) is 17.5. The van der Waals surface area contributed by atoms with Gasteiger partial charge in [-0.3, -0.25) is 4.79 Å². The number of benzene rings is 2. The van der Waals surface area contributed by atoms with Gasteiger partial charge in [0.05, 0.1) is 0 Å². The maximum Gasteiger partial charge on any atom is 0.316 e. The van der Waals surface area contributed by atoms with Crippen molar-refractivity contribution in [2.24, 2.45) is 5.73 Å². The van der Waals surface area contributed by atoms with Crippen molar-refractivity contribution in [1.29, 1.82) is 0 Å². The van der Waals surface area contributed by atoms with Crippen molar-refractivity contribution in [3.8, 4) is 0 Å². The molecule has 2 aromatic rings. The zero-order valence-electron chi connectivity index (χ0n) is 14.1. The lowest BCUT2D eigenvalue weighted by Gasteiger charge is -2.09. The first-order chi connectivity index (χ1) is 11.4. The first-order valence-corrected chi connectivity index (χ1v) is 7.92. The standard InChI is InChI=1S/C19H23N3O2/c1-13-3-6-16(14(2)11-13)7-10-18(23)21-12-15-4-8-17(9-5-15)22-19(20)24/h3-6,8-9,11H,7,10,12H2,1-2H3,(H,21,23)(H3,20,22,24). The van der Waals surface area contributed by atoms with Crippen molar-refractivity contribution in [2.45, 2.75) is 33.2 Å². The van der Waals surface area contributed by atoms with Crippen molar-refractivity contribution in [3.05, 3.63) is 64.7 Å². The summed E-state index contributed by atoms with van der Waals surface area (Å²) in [6, 6.07) is 12.9. The Labute approximate surface area is 142 Å². The molecule has 0 aliphatic heterocycles. The molecule has 2 rings (SSSR count). The first kappa shape index (κ1) is 17.5. The Morgan fingerprint density at radius 1 is 1.04 bits per heavy atom. The number of primary amides is 1. The van der Waals surface area contributed by atoms with Gasteiger partial charge in [0.1, 0.15) is 0 Å². The number of urea groups is 1. The predicted molar refractivity (Wildman–Crippen MR) is 95.7 cm³/mol. The van der Waals surface area contributed by atoms with Crippen LogP contribution in [0.2, 0.25) is 0 Å². The summed E-state index contributed by atoms with van der Waals surface area (Å²) in [4.78, 5) is 22.7. The van der Waals surface area contributed by atoms with Gasteiger partial charge in [-0.15, -0.1) is 0 Å². The lowest BCUT2D eigenvalue weighted by Crippen LogP contribution is -2.23. The van der Waals surface area contributed by atoms with Crippen LogP contribution in [0.4, 0.5) is 10.5 Å². The molecule has 0 bridgehead atoms. The molecule has 126 valence electrons. The molecule has 0 aliphatic carbocycles. The predicted octanol–water partition coefficient (Wildman–Crippen LogP) is 3.04. The van der Waals surface area contributed by atoms with Crippen molar-refractivity contribution < 1.29 is 9.59 Å². The van der Waals surface area contributed by atoms with Crippen LogP contribution in [0.3, 0.4) is 0 Å². The zero-order valence-corrected chi connectivity index (χ0v) is 14.1. The van der Waals surface area contributed by atoms with Crippen molar-refractivity contribution in [2.75, 3.05) is 5.32 Å². The van der Waals surface area contributed by atoms with E-state index in [9.17, 15) is 9.59 Å². The summed E-state index contributed by atoms with van der Waals surface area (Å²) in [6.45, 7) is 4.60. The van der Waals surface area contributed by atoms with Crippen molar-refractivity contribution in [3.63, 3.8) is 0 Å². The minimum Gasteiger partial charge on any atom is -0.352 e. The molecule has 3 amide bonds. The summed E-state index contributed by atoms with van der Waals surface area (Å²) in [5.74, 6) is 0.0225. The van der Waals surface area contributed by atoms with Crippen LogP contribution >= 0.6 is 0 Å². The highest BCUT2D eigenvalue weighted by molar-refractivity contribution is 5.87. The van der Waals surface area contributed by atoms with Crippen LogP contribution in [0.5, 0.6) is 0 Å².